The van der Waals surface area contributed by atoms with Gasteiger partial charge in [0.15, 0.2) is 0 Å². The van der Waals surface area contributed by atoms with Crippen LogP contribution >= 0.6 is 0 Å². The molecule has 0 spiro atoms. The number of carbonyl (C=O) groups is 1. The van der Waals surface area contributed by atoms with Gasteiger partial charge in [-0.1, -0.05) is 18.6 Å². The Hall–Kier alpha value is -1.46. The minimum Gasteiger partial charge on any atom is -0.341 e. The maximum Gasteiger partial charge on any atom is 0.239 e. The Morgan fingerprint density at radius 2 is 1.78 bits per heavy atom. The normalized spacial score (nSPS) is 23.9. The van der Waals surface area contributed by atoms with Crippen LogP contribution in [-0.2, 0) is 11.3 Å². The summed E-state index contributed by atoms with van der Waals surface area (Å²) in [5, 5.41) is 0. The Morgan fingerprint density at radius 3 is 2.48 bits per heavy atom. The molecule has 0 aliphatic carbocycles. The number of amides is 1. The lowest BCUT2D eigenvalue weighted by molar-refractivity contribution is -0.139. The lowest BCUT2D eigenvalue weighted by Crippen LogP contribution is -2.53. The Morgan fingerprint density at radius 1 is 1.09 bits per heavy atom. The van der Waals surface area contributed by atoms with Crippen molar-refractivity contribution in [3.8, 4) is 0 Å². The third-order valence-electron chi connectivity index (χ3n) is 5.05. The number of hydrogen-bond acceptors (Lipinski definition) is 3. The van der Waals surface area contributed by atoms with Crippen LogP contribution in [0.5, 0.6) is 0 Å². The van der Waals surface area contributed by atoms with E-state index >= 15 is 0 Å². The largest absolute Gasteiger partial charge is 0.341 e. The van der Waals surface area contributed by atoms with Gasteiger partial charge in [0, 0.05) is 25.7 Å². The molecule has 0 radical (unpaired) electrons. The van der Waals surface area contributed by atoms with E-state index in [1.807, 2.05) is 17.0 Å². The molecule has 2 aliphatic rings. The zero-order valence-corrected chi connectivity index (χ0v) is 13.6. The second-order valence-corrected chi connectivity index (χ2v) is 6.77. The summed E-state index contributed by atoms with van der Waals surface area (Å²) in [6, 6.07) is 6.80. The van der Waals surface area contributed by atoms with E-state index in [4.69, 9.17) is 5.73 Å². The van der Waals surface area contributed by atoms with E-state index in [0.717, 1.165) is 57.3 Å². The average molecular weight is 319 g/mol. The monoisotopic (exact) mass is 319 g/mol. The fourth-order valence-corrected chi connectivity index (χ4v) is 3.61. The molecular weight excluding hydrogens is 293 g/mol. The van der Waals surface area contributed by atoms with Gasteiger partial charge in [-0.25, -0.2) is 4.39 Å². The third kappa shape index (κ3) is 4.09. The summed E-state index contributed by atoms with van der Waals surface area (Å²) in [5.41, 5.74) is 7.00. The highest BCUT2D eigenvalue weighted by atomic mass is 19.1. The van der Waals surface area contributed by atoms with Crippen molar-refractivity contribution in [2.24, 2.45) is 5.73 Å². The van der Waals surface area contributed by atoms with Gasteiger partial charge in [0.25, 0.3) is 0 Å². The highest BCUT2D eigenvalue weighted by Crippen LogP contribution is 2.23. The van der Waals surface area contributed by atoms with E-state index in [9.17, 15) is 9.18 Å². The van der Waals surface area contributed by atoms with Gasteiger partial charge in [0.05, 0.1) is 6.04 Å². The molecule has 23 heavy (non-hydrogen) atoms. The Kier molecular flexibility index (Phi) is 5.28. The maximum atomic E-state index is 13.1. The first kappa shape index (κ1) is 16.4. The maximum absolute atomic E-state index is 13.1. The summed E-state index contributed by atoms with van der Waals surface area (Å²) in [4.78, 5) is 17.1. The molecule has 0 saturated carbocycles. The van der Waals surface area contributed by atoms with E-state index in [0.29, 0.717) is 6.54 Å². The molecule has 4 nitrogen and oxygen atoms in total. The minimum absolute atomic E-state index is 0.0388. The lowest BCUT2D eigenvalue weighted by Gasteiger charge is -2.39. The molecule has 2 N–H and O–H groups in total. The second kappa shape index (κ2) is 7.41. The summed E-state index contributed by atoms with van der Waals surface area (Å²) >= 11 is 0. The second-order valence-electron chi connectivity index (χ2n) is 6.77. The van der Waals surface area contributed by atoms with Crippen molar-refractivity contribution < 1.29 is 9.18 Å². The van der Waals surface area contributed by atoms with Crippen molar-refractivity contribution in [3.63, 3.8) is 0 Å². The number of piperidine rings is 2. The van der Waals surface area contributed by atoms with Crippen LogP contribution in [-0.4, -0.2) is 47.4 Å². The van der Waals surface area contributed by atoms with Gasteiger partial charge >= 0.3 is 0 Å². The Labute approximate surface area is 137 Å². The number of nitrogens with zero attached hydrogens (tertiary/aromatic N) is 2. The summed E-state index contributed by atoms with van der Waals surface area (Å²) in [6.07, 6.45) is 4.94. The predicted octanol–water partition coefficient (Wildman–Crippen LogP) is 2.13. The first-order valence-electron chi connectivity index (χ1n) is 8.66. The lowest BCUT2D eigenvalue weighted by atomic mass is 9.98. The van der Waals surface area contributed by atoms with Crippen molar-refractivity contribution in [2.45, 2.75) is 50.7 Å². The van der Waals surface area contributed by atoms with Gasteiger partial charge in [-0.05, 0) is 49.9 Å². The highest BCUT2D eigenvalue weighted by Gasteiger charge is 2.33. The molecule has 2 saturated heterocycles. The van der Waals surface area contributed by atoms with E-state index in [2.05, 4.69) is 4.90 Å². The van der Waals surface area contributed by atoms with Crippen molar-refractivity contribution in [2.75, 3.05) is 19.6 Å². The molecule has 2 aliphatic heterocycles. The van der Waals surface area contributed by atoms with Crippen LogP contribution in [0.1, 0.15) is 37.7 Å². The topological polar surface area (TPSA) is 49.6 Å². The van der Waals surface area contributed by atoms with Gasteiger partial charge < -0.3 is 10.6 Å². The molecule has 2 fully saturated rings. The van der Waals surface area contributed by atoms with Crippen LogP contribution in [0, 0.1) is 5.82 Å². The number of halogens is 1. The number of benzene rings is 1. The molecule has 5 heteroatoms. The molecule has 0 unspecified atom stereocenters. The van der Waals surface area contributed by atoms with Gasteiger partial charge in [-0.2, -0.15) is 0 Å². The Bertz CT molecular complexity index is 526. The highest BCUT2D eigenvalue weighted by molar-refractivity contribution is 5.82. The van der Waals surface area contributed by atoms with Gasteiger partial charge in [-0.15, -0.1) is 0 Å². The van der Waals surface area contributed by atoms with Crippen LogP contribution in [0.15, 0.2) is 24.3 Å². The zero-order chi connectivity index (χ0) is 16.2. The smallest absolute Gasteiger partial charge is 0.239 e. The number of carbonyl (C=O) groups excluding carboxylic acids is 1. The van der Waals surface area contributed by atoms with E-state index in [-0.39, 0.29) is 23.8 Å². The molecule has 126 valence electrons. The van der Waals surface area contributed by atoms with E-state index < -0.39 is 0 Å². The van der Waals surface area contributed by atoms with Crippen molar-refractivity contribution in [1.82, 2.24) is 9.80 Å². The molecule has 2 heterocycles. The molecule has 0 aromatic heterocycles. The number of hydrogen-bond donors (Lipinski definition) is 1. The first-order chi connectivity index (χ1) is 11.1. The van der Waals surface area contributed by atoms with Gasteiger partial charge in [-0.3, -0.25) is 9.69 Å². The SMILES string of the molecule is NC1CCN(C(=O)[C@@H]2CCCCN2Cc2ccc(F)cc2)CC1. The number of likely N-dealkylation sites (tertiary alicyclic amines) is 2. The van der Waals surface area contributed by atoms with Crippen molar-refractivity contribution in [1.29, 1.82) is 0 Å². The van der Waals surface area contributed by atoms with Crippen molar-refractivity contribution >= 4 is 5.91 Å². The number of nitrogens with two attached hydrogens (primary N) is 1. The zero-order valence-electron chi connectivity index (χ0n) is 13.6. The quantitative estimate of drug-likeness (QED) is 0.928. The van der Waals surface area contributed by atoms with Crippen LogP contribution in [0.25, 0.3) is 0 Å². The first-order valence-corrected chi connectivity index (χ1v) is 8.66. The summed E-state index contributed by atoms with van der Waals surface area (Å²) < 4.78 is 13.1. The molecule has 1 atom stereocenters. The van der Waals surface area contributed by atoms with Crippen LogP contribution in [0.4, 0.5) is 4.39 Å². The average Bonchev–Trinajstić information content (AvgIpc) is 2.57. The summed E-state index contributed by atoms with van der Waals surface area (Å²) in [6.45, 7) is 3.20. The van der Waals surface area contributed by atoms with E-state index in [1.54, 1.807) is 0 Å². The molecule has 1 aromatic carbocycles. The number of rotatable bonds is 3. The fourth-order valence-electron chi connectivity index (χ4n) is 3.61. The third-order valence-corrected chi connectivity index (χ3v) is 5.05. The van der Waals surface area contributed by atoms with Gasteiger partial charge in [0.1, 0.15) is 5.82 Å². The molecule has 0 bridgehead atoms. The Balaban J connectivity index is 1.65. The minimum atomic E-state index is -0.218. The van der Waals surface area contributed by atoms with Crippen LogP contribution < -0.4 is 5.73 Å². The van der Waals surface area contributed by atoms with Crippen molar-refractivity contribution in [3.05, 3.63) is 35.6 Å². The fraction of sp³-hybridized carbons (Fsp3) is 0.611. The van der Waals surface area contributed by atoms with Crippen LogP contribution in [0.2, 0.25) is 0 Å². The van der Waals surface area contributed by atoms with Crippen LogP contribution in [0.3, 0.4) is 0 Å². The summed E-state index contributed by atoms with van der Waals surface area (Å²) in [5.74, 6) is 0.0309. The molecule has 1 aromatic rings. The van der Waals surface area contributed by atoms with Gasteiger partial charge in [0.2, 0.25) is 5.91 Å². The molecule has 3 rings (SSSR count). The molecular formula is C18H26FN3O. The standard InChI is InChI=1S/C18H26FN3O/c19-15-6-4-14(5-7-15)13-22-10-2-1-3-17(22)18(23)21-11-8-16(20)9-12-21/h4-7,16-17H,1-3,8-13,20H2/t17-/m0/s1. The molecule has 1 amide bonds. The van der Waals surface area contributed by atoms with E-state index in [1.165, 1.54) is 12.1 Å². The predicted molar refractivity (Wildman–Crippen MR) is 88.2 cm³/mol. The summed E-state index contributed by atoms with van der Waals surface area (Å²) in [7, 11) is 0.